The first kappa shape index (κ1) is 22.2. The minimum Gasteiger partial charge on any atom is -0.497 e. The molecule has 2 fully saturated rings. The lowest BCUT2D eigenvalue weighted by Crippen LogP contribution is -2.52. The minimum absolute atomic E-state index is 0.0684. The third-order valence-corrected chi connectivity index (χ3v) is 8.56. The van der Waals surface area contributed by atoms with Gasteiger partial charge < -0.3 is 23.7 Å². The normalized spacial score (nSPS) is 35.6. The van der Waals surface area contributed by atoms with Gasteiger partial charge in [-0.15, -0.1) is 0 Å². The van der Waals surface area contributed by atoms with Gasteiger partial charge in [0.2, 0.25) is 6.79 Å². The average Bonchev–Trinajstić information content (AvgIpc) is 3.46. The molecule has 7 heteroatoms. The quantitative estimate of drug-likeness (QED) is 0.618. The Kier molecular flexibility index (Phi) is 4.98. The van der Waals surface area contributed by atoms with Crippen molar-refractivity contribution in [2.24, 2.45) is 0 Å². The molecule has 34 heavy (non-hydrogen) atoms. The lowest BCUT2D eigenvalue weighted by atomic mass is 9.77. The first-order valence-corrected chi connectivity index (χ1v) is 12.6. The van der Waals surface area contributed by atoms with E-state index in [1.165, 1.54) is 11.1 Å². The Balaban J connectivity index is 1.41. The van der Waals surface area contributed by atoms with E-state index in [2.05, 4.69) is 23.1 Å². The van der Waals surface area contributed by atoms with Gasteiger partial charge in [0.15, 0.2) is 23.2 Å². The highest BCUT2D eigenvalue weighted by atomic mass is 16.7. The number of fused-ring (bicyclic) bond motifs is 3. The van der Waals surface area contributed by atoms with Gasteiger partial charge in [0.25, 0.3) is 0 Å². The maximum atomic E-state index is 13.7. The molecule has 1 aliphatic carbocycles. The Bertz CT molecular complexity index is 1050. The molecular formula is C27H35NO6. The van der Waals surface area contributed by atoms with Crippen LogP contribution in [0.2, 0.25) is 0 Å². The molecule has 5 aliphatic rings. The molecule has 3 unspecified atom stereocenters. The molecule has 1 spiro atoms. The highest BCUT2D eigenvalue weighted by molar-refractivity contribution is 5.80. The van der Waals surface area contributed by atoms with Gasteiger partial charge in [-0.05, 0) is 95.2 Å². The number of carbonyl (C=O) groups is 1. The van der Waals surface area contributed by atoms with Crippen LogP contribution in [0.5, 0.6) is 11.5 Å². The average molecular weight is 470 g/mol. The largest absolute Gasteiger partial charge is 0.497 e. The highest BCUT2D eigenvalue weighted by Gasteiger charge is 2.59. The molecule has 4 heterocycles. The second kappa shape index (κ2) is 7.62. The lowest BCUT2D eigenvalue weighted by Gasteiger charge is -2.43. The summed E-state index contributed by atoms with van der Waals surface area (Å²) in [7, 11) is 1.68. The highest BCUT2D eigenvalue weighted by Crippen LogP contribution is 2.56. The molecule has 0 N–H and O–H groups in total. The molecule has 0 aromatic heterocycles. The first-order valence-electron chi connectivity index (χ1n) is 12.6. The zero-order chi connectivity index (χ0) is 23.7. The van der Waals surface area contributed by atoms with Crippen molar-refractivity contribution >= 4 is 5.97 Å². The van der Waals surface area contributed by atoms with Crippen LogP contribution >= 0.6 is 0 Å². The topological polar surface area (TPSA) is 66.5 Å². The van der Waals surface area contributed by atoms with Crippen molar-refractivity contribution in [3.8, 4) is 11.5 Å². The van der Waals surface area contributed by atoms with Gasteiger partial charge in [-0.1, -0.05) is 0 Å². The zero-order valence-corrected chi connectivity index (χ0v) is 20.6. The smallest absolute Gasteiger partial charge is 0.338 e. The van der Waals surface area contributed by atoms with E-state index in [9.17, 15) is 4.79 Å². The molecule has 2 saturated heterocycles. The van der Waals surface area contributed by atoms with Gasteiger partial charge in [0.05, 0.1) is 24.2 Å². The molecular weight excluding hydrogens is 434 g/mol. The number of ether oxygens (including phenoxy) is 5. The van der Waals surface area contributed by atoms with Gasteiger partial charge >= 0.3 is 5.97 Å². The number of methoxy groups -OCH3 is 1. The number of hydrogen-bond acceptors (Lipinski definition) is 7. The van der Waals surface area contributed by atoms with Crippen molar-refractivity contribution < 1.29 is 28.5 Å². The summed E-state index contributed by atoms with van der Waals surface area (Å²) in [5.74, 6) is 1.92. The second-order valence-corrected chi connectivity index (χ2v) is 11.2. The Hall–Kier alpha value is -2.25. The number of hydrogen-bond donors (Lipinski definition) is 0. The van der Waals surface area contributed by atoms with Gasteiger partial charge in [-0.25, -0.2) is 4.79 Å². The molecule has 0 amide bonds. The standard InChI is InChI=1S/C27H35NO6/c1-25(2)8-5-9-26(3,34-25)24(29)33-23-21(30-4)15-27-10-6-11-28(27)12-7-17-13-19-20(32-16-31-19)14-18(17)22(23)27/h13-15,22-23H,5-12,16H2,1-4H3/t22-,23?,26?,27?/m1/s1. The van der Waals surface area contributed by atoms with Crippen LogP contribution in [0.25, 0.3) is 0 Å². The van der Waals surface area contributed by atoms with Crippen LogP contribution in [0.4, 0.5) is 0 Å². The summed E-state index contributed by atoms with van der Waals surface area (Å²) in [5, 5.41) is 0. The Labute approximate surface area is 201 Å². The van der Waals surface area contributed by atoms with E-state index in [1.807, 2.05) is 20.8 Å². The van der Waals surface area contributed by atoms with E-state index < -0.39 is 11.7 Å². The monoisotopic (exact) mass is 469 g/mol. The summed E-state index contributed by atoms with van der Waals surface area (Å²) in [6.07, 6.45) is 7.29. The van der Waals surface area contributed by atoms with Gasteiger partial charge in [0.1, 0.15) is 5.76 Å². The fourth-order valence-electron chi connectivity index (χ4n) is 7.04. The van der Waals surface area contributed by atoms with E-state index in [1.54, 1.807) is 7.11 Å². The maximum absolute atomic E-state index is 13.7. The number of rotatable bonds is 3. The molecule has 7 nitrogen and oxygen atoms in total. The van der Waals surface area contributed by atoms with E-state index in [0.29, 0.717) is 6.42 Å². The van der Waals surface area contributed by atoms with Crippen molar-refractivity contribution in [1.29, 1.82) is 0 Å². The minimum atomic E-state index is -0.964. The van der Waals surface area contributed by atoms with Crippen LogP contribution < -0.4 is 9.47 Å². The van der Waals surface area contributed by atoms with Crippen molar-refractivity contribution in [3.05, 3.63) is 35.1 Å². The van der Waals surface area contributed by atoms with Gasteiger partial charge in [0, 0.05) is 6.54 Å². The fraction of sp³-hybridized carbons (Fsp3) is 0.667. The van der Waals surface area contributed by atoms with Crippen LogP contribution in [0.15, 0.2) is 24.0 Å². The molecule has 6 rings (SSSR count). The van der Waals surface area contributed by atoms with Crippen molar-refractivity contribution in [1.82, 2.24) is 4.90 Å². The predicted octanol–water partition coefficient (Wildman–Crippen LogP) is 4.08. The molecule has 0 saturated carbocycles. The van der Waals surface area contributed by atoms with E-state index in [-0.39, 0.29) is 29.8 Å². The first-order chi connectivity index (χ1) is 16.2. The van der Waals surface area contributed by atoms with Crippen LogP contribution in [0, 0.1) is 0 Å². The predicted molar refractivity (Wildman–Crippen MR) is 125 cm³/mol. The summed E-state index contributed by atoms with van der Waals surface area (Å²) in [4.78, 5) is 16.2. The van der Waals surface area contributed by atoms with E-state index >= 15 is 0 Å². The summed E-state index contributed by atoms with van der Waals surface area (Å²) in [6.45, 7) is 8.18. The molecule has 0 bridgehead atoms. The number of esters is 1. The van der Waals surface area contributed by atoms with Crippen molar-refractivity contribution in [3.63, 3.8) is 0 Å². The number of benzene rings is 1. The number of nitrogens with zero attached hydrogens (tertiary/aromatic N) is 1. The van der Waals surface area contributed by atoms with Crippen LogP contribution in [-0.2, 0) is 25.4 Å². The van der Waals surface area contributed by atoms with Crippen molar-refractivity contribution in [2.75, 3.05) is 27.0 Å². The molecule has 4 atom stereocenters. The second-order valence-electron chi connectivity index (χ2n) is 11.2. The molecule has 184 valence electrons. The Morgan fingerprint density at radius 1 is 1.06 bits per heavy atom. The van der Waals surface area contributed by atoms with E-state index in [0.717, 1.165) is 62.5 Å². The van der Waals surface area contributed by atoms with Gasteiger partial charge in [-0.3, -0.25) is 4.90 Å². The SMILES string of the molecule is COC1=CC23CCCN2CCc2cc4c(cc2[C@@H]3C1OC(=O)C1(C)CCCC(C)(C)O1)OCO4. The summed E-state index contributed by atoms with van der Waals surface area (Å²) in [5.41, 5.74) is 0.857. The van der Waals surface area contributed by atoms with Crippen LogP contribution in [-0.4, -0.2) is 60.7 Å². The molecule has 0 radical (unpaired) electrons. The lowest BCUT2D eigenvalue weighted by molar-refractivity contribution is -0.207. The van der Waals surface area contributed by atoms with Crippen molar-refractivity contribution in [2.45, 2.75) is 88.1 Å². The number of carbonyl (C=O) groups excluding carboxylic acids is 1. The Morgan fingerprint density at radius 3 is 2.62 bits per heavy atom. The third kappa shape index (κ3) is 3.27. The zero-order valence-electron chi connectivity index (χ0n) is 20.6. The summed E-state index contributed by atoms with van der Waals surface area (Å²) < 4.78 is 30.0. The molecule has 1 aromatic carbocycles. The summed E-state index contributed by atoms with van der Waals surface area (Å²) >= 11 is 0. The molecule has 1 aromatic rings. The van der Waals surface area contributed by atoms with Gasteiger partial charge in [-0.2, -0.15) is 0 Å². The van der Waals surface area contributed by atoms with E-state index in [4.69, 9.17) is 23.7 Å². The van der Waals surface area contributed by atoms with Crippen LogP contribution in [0.1, 0.15) is 69.9 Å². The molecule has 4 aliphatic heterocycles. The summed E-state index contributed by atoms with van der Waals surface area (Å²) in [6, 6.07) is 4.23. The Morgan fingerprint density at radius 2 is 1.85 bits per heavy atom. The maximum Gasteiger partial charge on any atom is 0.338 e. The third-order valence-electron chi connectivity index (χ3n) is 8.56. The van der Waals surface area contributed by atoms with Crippen LogP contribution in [0.3, 0.4) is 0 Å². The fourth-order valence-corrected chi connectivity index (χ4v) is 7.04.